The second-order valence-corrected chi connectivity index (χ2v) is 2.89. The Morgan fingerprint density at radius 2 is 2.31 bits per heavy atom. The van der Waals surface area contributed by atoms with Crippen molar-refractivity contribution < 1.29 is 9.21 Å². The third-order valence-corrected chi connectivity index (χ3v) is 1.99. The first-order valence-corrected chi connectivity index (χ1v) is 4.56. The first-order chi connectivity index (χ1) is 6.27. The molecular formula is C10H15NO2. The van der Waals surface area contributed by atoms with Gasteiger partial charge in [-0.15, -0.1) is 0 Å². The van der Waals surface area contributed by atoms with Crippen molar-refractivity contribution in [3.8, 4) is 0 Å². The Bertz CT molecular complexity index is 254. The zero-order chi connectivity index (χ0) is 9.68. The summed E-state index contributed by atoms with van der Waals surface area (Å²) in [6.45, 7) is 5.26. The van der Waals surface area contributed by atoms with Gasteiger partial charge >= 0.3 is 0 Å². The van der Waals surface area contributed by atoms with Gasteiger partial charge in [-0.2, -0.15) is 0 Å². The van der Waals surface area contributed by atoms with E-state index in [-0.39, 0.29) is 5.91 Å². The molecule has 0 aliphatic heterocycles. The predicted molar refractivity (Wildman–Crippen MR) is 50.1 cm³/mol. The Morgan fingerprint density at radius 1 is 1.54 bits per heavy atom. The van der Waals surface area contributed by atoms with Crippen molar-refractivity contribution in [2.45, 2.75) is 26.8 Å². The van der Waals surface area contributed by atoms with Gasteiger partial charge in [0, 0.05) is 25.1 Å². The molecule has 0 radical (unpaired) electrons. The molecule has 0 unspecified atom stereocenters. The maximum atomic E-state index is 11.4. The molecule has 3 heteroatoms. The quantitative estimate of drug-likeness (QED) is 0.712. The van der Waals surface area contributed by atoms with E-state index < -0.39 is 0 Å². The van der Waals surface area contributed by atoms with Gasteiger partial charge in [-0.1, -0.05) is 6.92 Å². The van der Waals surface area contributed by atoms with E-state index in [2.05, 4.69) is 0 Å². The average molecular weight is 181 g/mol. The van der Waals surface area contributed by atoms with Crippen LogP contribution in [0.15, 0.2) is 23.0 Å². The molecule has 0 aliphatic carbocycles. The van der Waals surface area contributed by atoms with E-state index in [0.717, 1.165) is 12.1 Å². The number of nitrogens with zero attached hydrogens (tertiary/aromatic N) is 1. The average Bonchev–Trinajstić information content (AvgIpc) is 2.65. The monoisotopic (exact) mass is 181 g/mol. The molecule has 0 atom stereocenters. The summed E-state index contributed by atoms with van der Waals surface area (Å²) in [5.41, 5.74) is 1.05. The lowest BCUT2D eigenvalue weighted by molar-refractivity contribution is -0.131. The first-order valence-electron chi connectivity index (χ1n) is 4.56. The van der Waals surface area contributed by atoms with Crippen molar-refractivity contribution in [1.82, 2.24) is 4.90 Å². The number of hydrogen-bond donors (Lipinski definition) is 0. The number of carbonyl (C=O) groups is 1. The van der Waals surface area contributed by atoms with E-state index in [1.54, 1.807) is 12.5 Å². The number of rotatable bonds is 4. The highest BCUT2D eigenvalue weighted by Gasteiger charge is 2.09. The molecule has 72 valence electrons. The minimum absolute atomic E-state index is 0.184. The fourth-order valence-electron chi connectivity index (χ4n) is 1.20. The molecule has 0 fully saturated rings. The molecule has 0 aromatic carbocycles. The Morgan fingerprint density at radius 3 is 2.77 bits per heavy atom. The van der Waals surface area contributed by atoms with Gasteiger partial charge in [-0.25, -0.2) is 0 Å². The fraction of sp³-hybridized carbons (Fsp3) is 0.500. The molecule has 1 aromatic rings. The molecule has 1 heterocycles. The third kappa shape index (κ3) is 2.61. The van der Waals surface area contributed by atoms with Crippen LogP contribution in [0.1, 0.15) is 25.8 Å². The van der Waals surface area contributed by atoms with Gasteiger partial charge in [-0.3, -0.25) is 4.79 Å². The van der Waals surface area contributed by atoms with Crippen molar-refractivity contribution in [2.75, 3.05) is 6.54 Å². The highest BCUT2D eigenvalue weighted by Crippen LogP contribution is 2.06. The van der Waals surface area contributed by atoms with E-state index >= 15 is 0 Å². The number of carbonyl (C=O) groups excluding carboxylic acids is 1. The SMILES string of the molecule is CCC(=O)N(CC)Cc1ccoc1. The summed E-state index contributed by atoms with van der Waals surface area (Å²) >= 11 is 0. The van der Waals surface area contributed by atoms with Crippen LogP contribution in [0, 0.1) is 0 Å². The molecule has 0 bridgehead atoms. The Balaban J connectivity index is 2.54. The van der Waals surface area contributed by atoms with Gasteiger partial charge < -0.3 is 9.32 Å². The zero-order valence-electron chi connectivity index (χ0n) is 8.12. The first kappa shape index (κ1) is 9.84. The number of amides is 1. The van der Waals surface area contributed by atoms with Gasteiger partial charge in [0.25, 0.3) is 0 Å². The van der Waals surface area contributed by atoms with E-state index in [0.29, 0.717) is 13.0 Å². The van der Waals surface area contributed by atoms with Crippen LogP contribution in [0.2, 0.25) is 0 Å². The van der Waals surface area contributed by atoms with E-state index in [4.69, 9.17) is 4.42 Å². The van der Waals surface area contributed by atoms with Crippen LogP contribution in [0.4, 0.5) is 0 Å². The van der Waals surface area contributed by atoms with Gasteiger partial charge in [0.2, 0.25) is 5.91 Å². The van der Waals surface area contributed by atoms with Crippen LogP contribution >= 0.6 is 0 Å². The summed E-state index contributed by atoms with van der Waals surface area (Å²) < 4.78 is 4.94. The summed E-state index contributed by atoms with van der Waals surface area (Å²) in [7, 11) is 0. The molecule has 0 saturated heterocycles. The van der Waals surface area contributed by atoms with Gasteiger partial charge in [0.05, 0.1) is 12.5 Å². The molecule has 13 heavy (non-hydrogen) atoms. The zero-order valence-corrected chi connectivity index (χ0v) is 8.12. The van der Waals surface area contributed by atoms with Crippen LogP contribution in [0.25, 0.3) is 0 Å². The summed E-state index contributed by atoms with van der Waals surface area (Å²) in [6.07, 6.45) is 3.86. The van der Waals surface area contributed by atoms with Crippen molar-refractivity contribution in [2.24, 2.45) is 0 Å². The van der Waals surface area contributed by atoms with Gasteiger partial charge in [0.15, 0.2) is 0 Å². The molecule has 0 aliphatic rings. The minimum atomic E-state index is 0.184. The van der Waals surface area contributed by atoms with Gasteiger partial charge in [-0.05, 0) is 13.0 Å². The lowest BCUT2D eigenvalue weighted by atomic mass is 10.3. The van der Waals surface area contributed by atoms with Crippen molar-refractivity contribution in [1.29, 1.82) is 0 Å². The maximum Gasteiger partial charge on any atom is 0.222 e. The Hall–Kier alpha value is -1.25. The largest absolute Gasteiger partial charge is 0.472 e. The summed E-state index contributed by atoms with van der Waals surface area (Å²) in [5.74, 6) is 0.184. The van der Waals surface area contributed by atoms with Crippen molar-refractivity contribution >= 4 is 5.91 Å². The molecule has 1 aromatic heterocycles. The highest BCUT2D eigenvalue weighted by atomic mass is 16.3. The normalized spacial score (nSPS) is 10.0. The Labute approximate surface area is 78.3 Å². The van der Waals surface area contributed by atoms with Crippen molar-refractivity contribution in [3.05, 3.63) is 24.2 Å². The molecule has 3 nitrogen and oxygen atoms in total. The van der Waals surface area contributed by atoms with Crippen molar-refractivity contribution in [3.63, 3.8) is 0 Å². The van der Waals surface area contributed by atoms with E-state index in [1.807, 2.05) is 24.8 Å². The second kappa shape index (κ2) is 4.70. The molecular weight excluding hydrogens is 166 g/mol. The Kier molecular flexibility index (Phi) is 3.55. The highest BCUT2D eigenvalue weighted by molar-refractivity contribution is 5.75. The van der Waals surface area contributed by atoms with Crippen LogP contribution in [0.3, 0.4) is 0 Å². The third-order valence-electron chi connectivity index (χ3n) is 1.99. The summed E-state index contributed by atoms with van der Waals surface area (Å²) in [6, 6.07) is 1.88. The predicted octanol–water partition coefficient (Wildman–Crippen LogP) is 2.04. The van der Waals surface area contributed by atoms with E-state index in [9.17, 15) is 4.79 Å². The lowest BCUT2D eigenvalue weighted by Gasteiger charge is -2.18. The number of furan rings is 1. The lowest BCUT2D eigenvalue weighted by Crippen LogP contribution is -2.29. The minimum Gasteiger partial charge on any atom is -0.472 e. The molecule has 1 amide bonds. The fourth-order valence-corrected chi connectivity index (χ4v) is 1.20. The smallest absolute Gasteiger partial charge is 0.222 e. The van der Waals surface area contributed by atoms with Crippen LogP contribution in [-0.2, 0) is 11.3 Å². The molecule has 1 rings (SSSR count). The summed E-state index contributed by atoms with van der Waals surface area (Å²) in [4.78, 5) is 13.2. The topological polar surface area (TPSA) is 33.5 Å². The molecule has 0 N–H and O–H groups in total. The molecule has 0 saturated carbocycles. The van der Waals surface area contributed by atoms with Gasteiger partial charge in [0.1, 0.15) is 0 Å². The number of hydrogen-bond acceptors (Lipinski definition) is 2. The van der Waals surface area contributed by atoms with E-state index in [1.165, 1.54) is 0 Å². The van der Waals surface area contributed by atoms with Crippen LogP contribution in [-0.4, -0.2) is 17.4 Å². The van der Waals surface area contributed by atoms with Crippen LogP contribution < -0.4 is 0 Å². The maximum absolute atomic E-state index is 11.4. The van der Waals surface area contributed by atoms with Crippen LogP contribution in [0.5, 0.6) is 0 Å². The summed E-state index contributed by atoms with van der Waals surface area (Å²) in [5, 5.41) is 0. The standard InChI is InChI=1S/C10H15NO2/c1-3-10(12)11(4-2)7-9-5-6-13-8-9/h5-6,8H,3-4,7H2,1-2H3. The molecule has 0 spiro atoms. The second-order valence-electron chi connectivity index (χ2n) is 2.89.